The van der Waals surface area contributed by atoms with Gasteiger partial charge in [0.1, 0.15) is 5.75 Å². The fraction of sp³-hybridized carbons (Fsp3) is 0.136. The zero-order valence-corrected chi connectivity index (χ0v) is 15.8. The van der Waals surface area contributed by atoms with Crippen LogP contribution in [0.15, 0.2) is 95.9 Å². The maximum absolute atomic E-state index is 12.9. The van der Waals surface area contributed by atoms with E-state index in [0.717, 1.165) is 11.1 Å². The highest BCUT2D eigenvalue weighted by Crippen LogP contribution is 2.28. The molecule has 0 aliphatic rings. The van der Waals surface area contributed by atoms with Crippen LogP contribution in [0.4, 0.5) is 0 Å². The van der Waals surface area contributed by atoms with E-state index in [2.05, 4.69) is 0 Å². The van der Waals surface area contributed by atoms with Gasteiger partial charge in [0.2, 0.25) is 5.91 Å². The minimum absolute atomic E-state index is 0.155. The number of hydrogen-bond donors (Lipinski definition) is 0. The molecule has 0 radical (unpaired) electrons. The second-order valence-electron chi connectivity index (χ2n) is 6.30. The third kappa shape index (κ3) is 4.44. The van der Waals surface area contributed by atoms with E-state index in [1.165, 1.54) is 17.0 Å². The Morgan fingerprint density at radius 3 is 1.63 bits per heavy atom. The quantitative estimate of drug-likeness (QED) is 0.656. The third-order valence-electron chi connectivity index (χ3n) is 4.43. The largest absolute Gasteiger partial charge is 0.334 e. The van der Waals surface area contributed by atoms with Gasteiger partial charge in [0.15, 0.2) is 9.84 Å². The van der Waals surface area contributed by atoms with Crippen molar-refractivity contribution in [1.82, 2.24) is 4.90 Å². The van der Waals surface area contributed by atoms with Crippen molar-refractivity contribution in [2.45, 2.75) is 10.9 Å². The average molecular weight is 379 g/mol. The lowest BCUT2D eigenvalue weighted by atomic mass is 9.97. The highest BCUT2D eigenvalue weighted by molar-refractivity contribution is 7.92. The lowest BCUT2D eigenvalue weighted by Gasteiger charge is -2.29. The fourth-order valence-electron chi connectivity index (χ4n) is 3.03. The number of rotatable bonds is 6. The third-order valence-corrected chi connectivity index (χ3v) is 6.04. The summed E-state index contributed by atoms with van der Waals surface area (Å²) in [5.74, 6) is -1.01. The normalized spacial score (nSPS) is 11.3. The molecule has 0 aromatic heterocycles. The molecule has 3 aromatic rings. The van der Waals surface area contributed by atoms with Crippen LogP contribution in [0.5, 0.6) is 0 Å². The van der Waals surface area contributed by atoms with Gasteiger partial charge in [-0.3, -0.25) is 4.79 Å². The van der Waals surface area contributed by atoms with Gasteiger partial charge in [-0.25, -0.2) is 8.42 Å². The summed E-state index contributed by atoms with van der Waals surface area (Å²) < 4.78 is 25.2. The van der Waals surface area contributed by atoms with Crippen LogP contribution in [0.2, 0.25) is 0 Å². The van der Waals surface area contributed by atoms with Crippen LogP contribution in [-0.2, 0) is 14.6 Å². The SMILES string of the molecule is CN(C(=O)CS(=O)(=O)c1ccccc1)C(c1ccccc1)c1ccccc1. The molecule has 0 saturated carbocycles. The molecule has 0 fully saturated rings. The maximum atomic E-state index is 12.9. The van der Waals surface area contributed by atoms with Gasteiger partial charge < -0.3 is 4.90 Å². The molecule has 0 N–H and O–H groups in total. The van der Waals surface area contributed by atoms with Gasteiger partial charge in [0.05, 0.1) is 10.9 Å². The van der Waals surface area contributed by atoms with Crippen LogP contribution in [-0.4, -0.2) is 32.0 Å². The van der Waals surface area contributed by atoms with Gasteiger partial charge in [0.25, 0.3) is 0 Å². The zero-order chi connectivity index (χ0) is 19.3. The molecule has 3 aromatic carbocycles. The topological polar surface area (TPSA) is 54.5 Å². The highest BCUT2D eigenvalue weighted by Gasteiger charge is 2.27. The first kappa shape index (κ1) is 18.9. The van der Waals surface area contributed by atoms with Gasteiger partial charge in [-0.1, -0.05) is 78.9 Å². The fourth-order valence-corrected chi connectivity index (χ4v) is 4.30. The standard InChI is InChI=1S/C22H21NO3S/c1-23(21(24)17-27(25,26)20-15-9-4-10-16-20)22(18-11-5-2-6-12-18)19-13-7-3-8-14-19/h2-16,22H,17H2,1H3. The van der Waals surface area contributed by atoms with Crippen LogP contribution >= 0.6 is 0 Å². The first-order valence-corrected chi connectivity index (χ1v) is 10.3. The molecule has 0 heterocycles. The molecule has 3 rings (SSSR count). The van der Waals surface area contributed by atoms with Crippen molar-refractivity contribution >= 4 is 15.7 Å². The van der Waals surface area contributed by atoms with Crippen molar-refractivity contribution in [2.75, 3.05) is 12.8 Å². The van der Waals surface area contributed by atoms with E-state index >= 15 is 0 Å². The van der Waals surface area contributed by atoms with Crippen molar-refractivity contribution in [3.8, 4) is 0 Å². The van der Waals surface area contributed by atoms with Gasteiger partial charge in [-0.05, 0) is 23.3 Å². The van der Waals surface area contributed by atoms with Crippen LogP contribution in [0, 0.1) is 0 Å². The molecule has 0 aliphatic carbocycles. The van der Waals surface area contributed by atoms with Crippen molar-refractivity contribution in [2.24, 2.45) is 0 Å². The predicted molar refractivity (Wildman–Crippen MR) is 106 cm³/mol. The molecule has 0 saturated heterocycles. The Morgan fingerprint density at radius 1 is 0.778 bits per heavy atom. The summed E-state index contributed by atoms with van der Waals surface area (Å²) in [7, 11) is -2.05. The molecule has 27 heavy (non-hydrogen) atoms. The van der Waals surface area contributed by atoms with Crippen LogP contribution in [0.3, 0.4) is 0 Å². The van der Waals surface area contributed by atoms with Gasteiger partial charge in [0, 0.05) is 7.05 Å². The molecule has 0 unspecified atom stereocenters. The lowest BCUT2D eigenvalue weighted by molar-refractivity contribution is -0.128. The van der Waals surface area contributed by atoms with Crippen molar-refractivity contribution in [3.63, 3.8) is 0 Å². The summed E-state index contributed by atoms with van der Waals surface area (Å²) in [5, 5.41) is 0. The zero-order valence-electron chi connectivity index (χ0n) is 15.0. The number of nitrogens with zero attached hydrogens (tertiary/aromatic N) is 1. The Hall–Kier alpha value is -2.92. The number of benzene rings is 3. The minimum Gasteiger partial charge on any atom is -0.334 e. The Labute approximate surface area is 160 Å². The average Bonchev–Trinajstić information content (AvgIpc) is 2.70. The summed E-state index contributed by atoms with van der Waals surface area (Å²) >= 11 is 0. The molecule has 138 valence electrons. The van der Waals surface area contributed by atoms with Crippen LogP contribution in [0.1, 0.15) is 17.2 Å². The van der Waals surface area contributed by atoms with E-state index in [1.807, 2.05) is 60.7 Å². The Balaban J connectivity index is 1.90. The predicted octanol–water partition coefficient (Wildman–Crippen LogP) is 3.71. The van der Waals surface area contributed by atoms with Gasteiger partial charge >= 0.3 is 0 Å². The van der Waals surface area contributed by atoms with E-state index in [9.17, 15) is 13.2 Å². The summed E-state index contributed by atoms with van der Waals surface area (Å²) in [4.78, 5) is 14.5. The minimum atomic E-state index is -3.69. The second-order valence-corrected chi connectivity index (χ2v) is 8.29. The number of amides is 1. The summed E-state index contributed by atoms with van der Waals surface area (Å²) in [6, 6.07) is 26.9. The molecule has 1 amide bonds. The smallest absolute Gasteiger partial charge is 0.238 e. The molecule has 5 heteroatoms. The van der Waals surface area contributed by atoms with Crippen LogP contribution in [0.25, 0.3) is 0 Å². The summed E-state index contributed by atoms with van der Waals surface area (Å²) in [6.07, 6.45) is 0. The molecule has 0 spiro atoms. The second kappa shape index (κ2) is 8.18. The van der Waals surface area contributed by atoms with Crippen molar-refractivity contribution in [3.05, 3.63) is 102 Å². The Kier molecular flexibility index (Phi) is 5.72. The van der Waals surface area contributed by atoms with E-state index in [4.69, 9.17) is 0 Å². The molecule has 0 atom stereocenters. The first-order chi connectivity index (χ1) is 13.0. The highest BCUT2D eigenvalue weighted by atomic mass is 32.2. The summed E-state index contributed by atoms with van der Waals surface area (Å²) in [6.45, 7) is 0. The number of hydrogen-bond acceptors (Lipinski definition) is 3. The molecular formula is C22H21NO3S. The summed E-state index contributed by atoms with van der Waals surface area (Å²) in [5.41, 5.74) is 1.85. The maximum Gasteiger partial charge on any atom is 0.238 e. The van der Waals surface area contributed by atoms with E-state index in [1.54, 1.807) is 25.2 Å². The van der Waals surface area contributed by atoms with E-state index in [-0.39, 0.29) is 10.9 Å². The number of carbonyl (C=O) groups is 1. The van der Waals surface area contributed by atoms with Crippen molar-refractivity contribution in [1.29, 1.82) is 0 Å². The Bertz CT molecular complexity index is 948. The van der Waals surface area contributed by atoms with E-state index < -0.39 is 21.5 Å². The Morgan fingerprint density at radius 2 is 1.19 bits per heavy atom. The lowest BCUT2D eigenvalue weighted by Crippen LogP contribution is -2.36. The first-order valence-electron chi connectivity index (χ1n) is 8.62. The molecule has 0 bridgehead atoms. The molecule has 4 nitrogen and oxygen atoms in total. The molecular weight excluding hydrogens is 358 g/mol. The van der Waals surface area contributed by atoms with Gasteiger partial charge in [-0.2, -0.15) is 0 Å². The van der Waals surface area contributed by atoms with Gasteiger partial charge in [-0.15, -0.1) is 0 Å². The number of sulfone groups is 1. The van der Waals surface area contributed by atoms with Crippen LogP contribution < -0.4 is 0 Å². The monoisotopic (exact) mass is 379 g/mol. The molecule has 0 aliphatic heterocycles. The van der Waals surface area contributed by atoms with E-state index in [0.29, 0.717) is 0 Å². The number of carbonyl (C=O) groups excluding carboxylic acids is 1. The van der Waals surface area contributed by atoms with Crippen molar-refractivity contribution < 1.29 is 13.2 Å².